The van der Waals surface area contributed by atoms with Crippen molar-refractivity contribution in [3.05, 3.63) is 311 Å². The third-order valence-electron chi connectivity index (χ3n) is 15.9. The van der Waals surface area contributed by atoms with E-state index in [4.69, 9.17) is 0 Å². The zero-order valence-electron chi connectivity index (χ0n) is 38.3. The minimum Gasteiger partial charge on any atom is -0.310 e. The Bertz CT molecular complexity index is 3810. The SMILES string of the molecule is c1ccc(-c2ccccc2N(c2ccc3c(c2)C2(c4ccccc4-c4ccccc42)c2ccccc2-3)c2cccc3c2-c2ccccc2C32c3ccccc3N(c3ccccc3)c3ccccc32)cc1. The second-order valence-corrected chi connectivity index (χ2v) is 19.0. The highest BCUT2D eigenvalue weighted by atomic mass is 15.2. The van der Waals surface area contributed by atoms with Crippen molar-refractivity contribution in [2.45, 2.75) is 10.8 Å². The first-order chi connectivity index (χ1) is 34.8. The first-order valence-electron chi connectivity index (χ1n) is 24.4. The van der Waals surface area contributed by atoms with E-state index in [2.05, 4.69) is 277 Å². The van der Waals surface area contributed by atoms with E-state index in [1.807, 2.05) is 0 Å². The highest BCUT2D eigenvalue weighted by Crippen LogP contribution is 2.67. The van der Waals surface area contributed by atoms with E-state index in [0.717, 1.165) is 22.7 Å². The molecule has 70 heavy (non-hydrogen) atoms. The van der Waals surface area contributed by atoms with Crippen LogP contribution < -0.4 is 9.80 Å². The smallest absolute Gasteiger partial charge is 0.0755 e. The minimum absolute atomic E-state index is 0.491. The van der Waals surface area contributed by atoms with E-state index in [0.29, 0.717) is 0 Å². The topological polar surface area (TPSA) is 6.48 Å². The van der Waals surface area contributed by atoms with Crippen molar-refractivity contribution >= 4 is 34.1 Å². The molecule has 2 heteroatoms. The molecule has 0 atom stereocenters. The van der Waals surface area contributed by atoms with Gasteiger partial charge >= 0.3 is 0 Å². The summed E-state index contributed by atoms with van der Waals surface area (Å²) in [5.74, 6) is 0. The van der Waals surface area contributed by atoms with E-state index in [-0.39, 0.29) is 0 Å². The van der Waals surface area contributed by atoms with Crippen molar-refractivity contribution < 1.29 is 0 Å². The lowest BCUT2D eigenvalue weighted by molar-refractivity contribution is 0.752. The number of rotatable bonds is 5. The minimum atomic E-state index is -0.605. The Morgan fingerprint density at radius 3 is 1.29 bits per heavy atom. The highest BCUT2D eigenvalue weighted by Gasteiger charge is 2.54. The monoisotopic (exact) mass is 888 g/mol. The van der Waals surface area contributed by atoms with Crippen LogP contribution in [0.25, 0.3) is 44.5 Å². The van der Waals surface area contributed by atoms with Gasteiger partial charge in [-0.05, 0) is 126 Å². The fourth-order valence-electron chi connectivity index (χ4n) is 13.3. The van der Waals surface area contributed by atoms with Gasteiger partial charge in [-0.25, -0.2) is 0 Å². The van der Waals surface area contributed by atoms with Crippen molar-refractivity contribution in [2.24, 2.45) is 0 Å². The number of hydrogen-bond acceptors (Lipinski definition) is 2. The number of para-hydroxylation sites is 4. The summed E-state index contributed by atoms with van der Waals surface area (Å²) in [5.41, 5.74) is 26.3. The lowest BCUT2D eigenvalue weighted by atomic mass is 9.64. The number of fused-ring (bicyclic) bond motifs is 19. The molecule has 326 valence electrons. The van der Waals surface area contributed by atoms with Crippen LogP contribution in [0, 0.1) is 0 Å². The molecule has 0 aromatic heterocycles. The summed E-state index contributed by atoms with van der Waals surface area (Å²) in [7, 11) is 0. The second-order valence-electron chi connectivity index (χ2n) is 19.0. The van der Waals surface area contributed by atoms with E-state index in [1.54, 1.807) is 0 Å². The standard InChI is InChI=1S/C68H44N2/c1-3-22-45(23-4-1)48-26-11-18-38-62(48)70(47-42-43-52-51-29-9-14-33-56(51)67(61(52)44-47)54-31-12-7-27-49(54)50-28-8-13-32-55(50)67)65-41-21-37-60-66(65)53-30-10-15-34-57(53)68(60)58-35-16-19-39-63(58)69(46-24-5-2-6-25-46)64-40-20-17-36-59(64)68/h1-44H. The average Bonchev–Trinajstić information content (AvgIpc) is 4.03. The summed E-state index contributed by atoms with van der Waals surface area (Å²) in [4.78, 5) is 5.04. The molecule has 0 bridgehead atoms. The fourth-order valence-corrected chi connectivity index (χ4v) is 13.3. The quantitative estimate of drug-likeness (QED) is 0.170. The predicted molar refractivity (Wildman–Crippen MR) is 288 cm³/mol. The van der Waals surface area contributed by atoms with Gasteiger partial charge in [-0.15, -0.1) is 0 Å². The van der Waals surface area contributed by atoms with Crippen LogP contribution in [0.2, 0.25) is 0 Å². The molecule has 1 aliphatic heterocycles. The van der Waals surface area contributed by atoms with Crippen molar-refractivity contribution in [3.8, 4) is 44.5 Å². The van der Waals surface area contributed by atoms with Crippen LogP contribution in [0.5, 0.6) is 0 Å². The van der Waals surface area contributed by atoms with E-state index < -0.39 is 10.8 Å². The van der Waals surface area contributed by atoms with Crippen LogP contribution in [-0.4, -0.2) is 0 Å². The first-order valence-corrected chi connectivity index (χ1v) is 24.4. The molecule has 0 saturated heterocycles. The summed E-state index contributed by atoms with van der Waals surface area (Å²) >= 11 is 0. The van der Waals surface area contributed by atoms with Gasteiger partial charge in [-0.1, -0.05) is 218 Å². The van der Waals surface area contributed by atoms with Gasteiger partial charge in [0.25, 0.3) is 0 Å². The molecule has 11 aromatic carbocycles. The maximum atomic E-state index is 2.58. The molecule has 2 spiro atoms. The molecule has 0 amide bonds. The van der Waals surface area contributed by atoms with Gasteiger partial charge < -0.3 is 9.80 Å². The third kappa shape index (κ3) is 5.02. The van der Waals surface area contributed by atoms with Crippen molar-refractivity contribution in [2.75, 3.05) is 9.80 Å². The summed E-state index contributed by atoms with van der Waals surface area (Å²) < 4.78 is 0. The molecule has 3 aliphatic carbocycles. The van der Waals surface area contributed by atoms with Gasteiger partial charge in [0, 0.05) is 22.5 Å². The number of nitrogens with zero attached hydrogens (tertiary/aromatic N) is 2. The molecule has 0 saturated carbocycles. The Hall–Kier alpha value is -8.98. The number of hydrogen-bond donors (Lipinski definition) is 0. The van der Waals surface area contributed by atoms with E-state index in [1.165, 1.54) is 100 Å². The van der Waals surface area contributed by atoms with E-state index >= 15 is 0 Å². The Labute approximate surface area is 408 Å². The van der Waals surface area contributed by atoms with Crippen molar-refractivity contribution in [1.29, 1.82) is 0 Å². The average molecular weight is 889 g/mol. The summed E-state index contributed by atoms with van der Waals surface area (Å²) in [6.07, 6.45) is 0. The Morgan fingerprint density at radius 2 is 0.686 bits per heavy atom. The van der Waals surface area contributed by atoms with Crippen LogP contribution in [0.4, 0.5) is 34.1 Å². The molecule has 1 heterocycles. The van der Waals surface area contributed by atoms with Gasteiger partial charge in [-0.2, -0.15) is 0 Å². The van der Waals surface area contributed by atoms with Crippen molar-refractivity contribution in [1.82, 2.24) is 0 Å². The van der Waals surface area contributed by atoms with Crippen LogP contribution >= 0.6 is 0 Å². The van der Waals surface area contributed by atoms with Gasteiger partial charge in [0.2, 0.25) is 0 Å². The lowest BCUT2D eigenvalue weighted by Crippen LogP contribution is -2.36. The molecular weight excluding hydrogens is 845 g/mol. The van der Waals surface area contributed by atoms with Crippen LogP contribution in [-0.2, 0) is 10.8 Å². The maximum absolute atomic E-state index is 2.58. The summed E-state index contributed by atoms with van der Waals surface area (Å²) in [6, 6.07) is 99.9. The van der Waals surface area contributed by atoms with E-state index in [9.17, 15) is 0 Å². The zero-order chi connectivity index (χ0) is 46.0. The molecule has 0 radical (unpaired) electrons. The molecular formula is C68H44N2. The summed E-state index contributed by atoms with van der Waals surface area (Å²) in [5, 5.41) is 0. The molecule has 2 nitrogen and oxygen atoms in total. The molecule has 4 aliphatic rings. The third-order valence-corrected chi connectivity index (χ3v) is 15.9. The Balaban J connectivity index is 1.04. The number of anilines is 6. The van der Waals surface area contributed by atoms with Gasteiger partial charge in [-0.3, -0.25) is 0 Å². The Kier molecular flexibility index (Phi) is 8.24. The van der Waals surface area contributed by atoms with Crippen LogP contribution in [0.3, 0.4) is 0 Å². The molecule has 0 fully saturated rings. The fraction of sp³-hybridized carbons (Fsp3) is 0.0294. The largest absolute Gasteiger partial charge is 0.310 e. The molecule has 0 unspecified atom stereocenters. The molecule has 15 rings (SSSR count). The predicted octanol–water partition coefficient (Wildman–Crippen LogP) is 17.3. The van der Waals surface area contributed by atoms with Crippen LogP contribution in [0.1, 0.15) is 44.5 Å². The maximum Gasteiger partial charge on any atom is 0.0755 e. The number of benzene rings is 11. The van der Waals surface area contributed by atoms with Gasteiger partial charge in [0.1, 0.15) is 0 Å². The Morgan fingerprint density at radius 1 is 0.271 bits per heavy atom. The molecule has 11 aromatic rings. The second kappa shape index (κ2) is 14.8. The zero-order valence-corrected chi connectivity index (χ0v) is 38.3. The van der Waals surface area contributed by atoms with Gasteiger partial charge in [0.15, 0.2) is 0 Å². The normalized spacial score (nSPS) is 14.2. The van der Waals surface area contributed by atoms with Crippen molar-refractivity contribution in [3.63, 3.8) is 0 Å². The van der Waals surface area contributed by atoms with Gasteiger partial charge in [0.05, 0.1) is 33.6 Å². The lowest BCUT2D eigenvalue weighted by Gasteiger charge is -2.45. The highest BCUT2D eigenvalue weighted by molar-refractivity contribution is 6.04. The molecule has 0 N–H and O–H groups in total. The summed E-state index contributed by atoms with van der Waals surface area (Å²) in [6.45, 7) is 0. The first kappa shape index (κ1) is 39.1. The van der Waals surface area contributed by atoms with Crippen LogP contribution in [0.15, 0.2) is 267 Å².